The van der Waals surface area contributed by atoms with E-state index in [-0.39, 0.29) is 5.75 Å². The first kappa shape index (κ1) is 16.6. The maximum Gasteiger partial charge on any atom is 0.258 e. The van der Waals surface area contributed by atoms with Crippen LogP contribution in [0.1, 0.15) is 25.7 Å². The van der Waals surface area contributed by atoms with Crippen molar-refractivity contribution < 1.29 is 28.5 Å². The quantitative estimate of drug-likeness (QED) is 0.728. The highest BCUT2D eigenvalue weighted by atomic mass is 19.1. The summed E-state index contributed by atoms with van der Waals surface area (Å²) < 4.78 is 31.1. The van der Waals surface area contributed by atoms with E-state index in [1.54, 1.807) is 0 Å². The van der Waals surface area contributed by atoms with E-state index in [9.17, 15) is 23.8 Å². The highest BCUT2D eigenvalue weighted by molar-refractivity contribution is 5.77. The Bertz CT molecular complexity index is 526. The number of carbonyl (C=O) groups is 1. The molecule has 0 radical (unpaired) electrons. The predicted molar refractivity (Wildman–Crippen MR) is 74.3 cm³/mol. The highest BCUT2D eigenvalue weighted by Gasteiger charge is 2.29. The number of ether oxygens (including phenoxy) is 1. The molecule has 0 aromatic heterocycles. The van der Waals surface area contributed by atoms with Crippen molar-refractivity contribution >= 4 is 5.91 Å². The fraction of sp³-hybridized carbons (Fsp3) is 0.533. The number of rotatable bonds is 4. The van der Waals surface area contributed by atoms with Crippen LogP contribution >= 0.6 is 0 Å². The van der Waals surface area contributed by atoms with Crippen molar-refractivity contribution in [2.45, 2.75) is 43.9 Å². The summed E-state index contributed by atoms with van der Waals surface area (Å²) >= 11 is 0. The van der Waals surface area contributed by atoms with Crippen molar-refractivity contribution in [3.63, 3.8) is 0 Å². The van der Waals surface area contributed by atoms with E-state index in [4.69, 9.17) is 4.74 Å². The van der Waals surface area contributed by atoms with E-state index in [1.807, 2.05) is 0 Å². The average Bonchev–Trinajstić information content (AvgIpc) is 2.62. The van der Waals surface area contributed by atoms with E-state index in [2.05, 4.69) is 5.32 Å². The maximum atomic E-state index is 13.4. The van der Waals surface area contributed by atoms with Crippen molar-refractivity contribution in [1.82, 2.24) is 5.32 Å². The van der Waals surface area contributed by atoms with Crippen molar-refractivity contribution in [3.8, 4) is 5.75 Å². The molecule has 5 nitrogen and oxygen atoms in total. The summed E-state index contributed by atoms with van der Waals surface area (Å²) in [6.07, 6.45) is 0.700. The van der Waals surface area contributed by atoms with Gasteiger partial charge in [0.15, 0.2) is 18.2 Å². The molecule has 1 amide bonds. The van der Waals surface area contributed by atoms with Crippen molar-refractivity contribution in [2.75, 3.05) is 6.61 Å². The van der Waals surface area contributed by atoms with Crippen LogP contribution in [0, 0.1) is 11.6 Å². The predicted octanol–water partition coefficient (Wildman–Crippen LogP) is 1.12. The van der Waals surface area contributed by atoms with Gasteiger partial charge in [-0.05, 0) is 25.0 Å². The summed E-state index contributed by atoms with van der Waals surface area (Å²) in [6, 6.07) is 2.23. The van der Waals surface area contributed by atoms with E-state index >= 15 is 0 Å². The van der Waals surface area contributed by atoms with Crippen LogP contribution in [0.3, 0.4) is 0 Å². The molecule has 1 aliphatic carbocycles. The van der Waals surface area contributed by atoms with Crippen LogP contribution in [0.5, 0.6) is 5.75 Å². The second-order valence-corrected chi connectivity index (χ2v) is 5.38. The number of aliphatic hydroxyl groups excluding tert-OH is 2. The molecule has 3 N–H and O–H groups in total. The molecule has 22 heavy (non-hydrogen) atoms. The normalized spacial score (nSPS) is 25.4. The third kappa shape index (κ3) is 4.38. The summed E-state index contributed by atoms with van der Waals surface area (Å²) in [5, 5.41) is 22.2. The van der Waals surface area contributed by atoms with Crippen molar-refractivity contribution in [1.29, 1.82) is 0 Å². The van der Waals surface area contributed by atoms with Gasteiger partial charge in [-0.3, -0.25) is 4.79 Å². The SMILES string of the molecule is O=C(COc1ccc(F)cc1F)N[C@@H]1CCCC[C@@H](O)[C@@H]1O. The Morgan fingerprint density at radius 1 is 1.27 bits per heavy atom. The van der Waals surface area contributed by atoms with Crippen LogP contribution in [-0.4, -0.2) is 41.0 Å². The number of hydrogen-bond donors (Lipinski definition) is 3. The fourth-order valence-corrected chi connectivity index (χ4v) is 2.47. The topological polar surface area (TPSA) is 78.8 Å². The monoisotopic (exact) mass is 315 g/mol. The summed E-state index contributed by atoms with van der Waals surface area (Å²) in [5.74, 6) is -2.39. The Labute approximate surface area is 126 Å². The molecular formula is C15H19F2NO4. The van der Waals surface area contributed by atoms with Crippen LogP contribution in [0.4, 0.5) is 8.78 Å². The molecule has 0 bridgehead atoms. The van der Waals surface area contributed by atoms with Gasteiger partial charge < -0.3 is 20.3 Å². The lowest BCUT2D eigenvalue weighted by Crippen LogP contribution is -2.48. The summed E-state index contributed by atoms with van der Waals surface area (Å²) in [5.41, 5.74) is 0. The van der Waals surface area contributed by atoms with Crippen LogP contribution in [-0.2, 0) is 4.79 Å². The number of halogens is 2. The van der Waals surface area contributed by atoms with Crippen LogP contribution in [0.2, 0.25) is 0 Å². The fourth-order valence-electron chi connectivity index (χ4n) is 2.47. The van der Waals surface area contributed by atoms with Gasteiger partial charge in [-0.15, -0.1) is 0 Å². The molecule has 1 saturated carbocycles. The first-order chi connectivity index (χ1) is 10.5. The minimum absolute atomic E-state index is 0.224. The molecule has 7 heteroatoms. The molecule has 2 rings (SSSR count). The van der Waals surface area contributed by atoms with Gasteiger partial charge >= 0.3 is 0 Å². The first-order valence-corrected chi connectivity index (χ1v) is 7.20. The van der Waals surface area contributed by atoms with Crippen molar-refractivity contribution in [2.24, 2.45) is 0 Å². The molecule has 0 aliphatic heterocycles. The average molecular weight is 315 g/mol. The van der Waals surface area contributed by atoms with Gasteiger partial charge in [0, 0.05) is 6.07 Å². The van der Waals surface area contributed by atoms with Gasteiger partial charge in [0.25, 0.3) is 5.91 Å². The molecule has 1 fully saturated rings. The molecule has 0 saturated heterocycles. The number of amides is 1. The zero-order valence-corrected chi connectivity index (χ0v) is 12.0. The maximum absolute atomic E-state index is 13.4. The zero-order valence-electron chi connectivity index (χ0n) is 12.0. The Morgan fingerprint density at radius 3 is 2.73 bits per heavy atom. The molecule has 1 aliphatic rings. The molecule has 0 unspecified atom stereocenters. The molecular weight excluding hydrogens is 296 g/mol. The lowest BCUT2D eigenvalue weighted by Gasteiger charge is -2.24. The summed E-state index contributed by atoms with van der Waals surface area (Å²) in [7, 11) is 0. The van der Waals surface area contributed by atoms with E-state index < -0.39 is 42.4 Å². The largest absolute Gasteiger partial charge is 0.481 e. The van der Waals surface area contributed by atoms with Crippen LogP contribution in [0.15, 0.2) is 18.2 Å². The first-order valence-electron chi connectivity index (χ1n) is 7.20. The summed E-state index contributed by atoms with van der Waals surface area (Å²) in [4.78, 5) is 11.8. The summed E-state index contributed by atoms with van der Waals surface area (Å²) in [6.45, 7) is -0.456. The third-order valence-electron chi connectivity index (χ3n) is 3.67. The van der Waals surface area contributed by atoms with Gasteiger partial charge in [0.2, 0.25) is 0 Å². The molecule has 1 aromatic rings. The number of nitrogens with one attached hydrogen (secondary N) is 1. The molecule has 1 aromatic carbocycles. The van der Waals surface area contributed by atoms with Crippen LogP contribution < -0.4 is 10.1 Å². The molecule has 3 atom stereocenters. The van der Waals surface area contributed by atoms with Gasteiger partial charge in [-0.1, -0.05) is 12.8 Å². The second kappa shape index (κ2) is 7.51. The van der Waals surface area contributed by atoms with Crippen LogP contribution in [0.25, 0.3) is 0 Å². The minimum Gasteiger partial charge on any atom is -0.481 e. The van der Waals surface area contributed by atoms with Gasteiger partial charge in [-0.2, -0.15) is 0 Å². The lowest BCUT2D eigenvalue weighted by molar-refractivity contribution is -0.125. The second-order valence-electron chi connectivity index (χ2n) is 5.38. The van der Waals surface area contributed by atoms with Crippen molar-refractivity contribution in [3.05, 3.63) is 29.8 Å². The number of carbonyl (C=O) groups excluding carboxylic acids is 1. The number of hydrogen-bond acceptors (Lipinski definition) is 4. The van der Waals surface area contributed by atoms with E-state index in [0.29, 0.717) is 18.9 Å². The number of aliphatic hydroxyl groups is 2. The van der Waals surface area contributed by atoms with Gasteiger partial charge in [0.1, 0.15) is 5.82 Å². The minimum atomic E-state index is -1.03. The molecule has 122 valence electrons. The Hall–Kier alpha value is -1.73. The molecule has 0 heterocycles. The standard InChI is InChI=1S/C15H19F2NO4/c16-9-5-6-13(10(17)7-9)22-8-14(20)18-11-3-1-2-4-12(19)15(11)21/h5-7,11-12,15,19,21H,1-4,8H2,(H,18,20)/t11-,12-,15-/m1/s1. The Morgan fingerprint density at radius 2 is 2.00 bits per heavy atom. The smallest absolute Gasteiger partial charge is 0.258 e. The zero-order chi connectivity index (χ0) is 16.1. The highest BCUT2D eigenvalue weighted by Crippen LogP contribution is 2.19. The Kier molecular flexibility index (Phi) is 5.68. The number of benzene rings is 1. The van der Waals surface area contributed by atoms with Gasteiger partial charge in [-0.25, -0.2) is 8.78 Å². The molecule has 0 spiro atoms. The van der Waals surface area contributed by atoms with E-state index in [1.165, 1.54) is 0 Å². The lowest BCUT2D eigenvalue weighted by atomic mass is 10.0. The third-order valence-corrected chi connectivity index (χ3v) is 3.67. The van der Waals surface area contributed by atoms with Gasteiger partial charge in [0.05, 0.1) is 18.2 Å². The Balaban J connectivity index is 1.87. The van der Waals surface area contributed by atoms with E-state index in [0.717, 1.165) is 25.0 Å².